The number of carbonyl (C=O) groups is 1. The Labute approximate surface area is 125 Å². The van der Waals surface area contributed by atoms with Crippen molar-refractivity contribution in [1.29, 1.82) is 0 Å². The number of carbonyl (C=O) groups excluding carboxylic acids is 1. The molecular formula is C15H11NO2S2. The molecule has 0 bridgehead atoms. The van der Waals surface area contributed by atoms with Gasteiger partial charge in [-0.2, -0.15) is 0 Å². The lowest BCUT2D eigenvalue weighted by Crippen LogP contribution is -2.22. The van der Waals surface area contributed by atoms with Crippen LogP contribution in [-0.4, -0.2) is 22.2 Å². The van der Waals surface area contributed by atoms with E-state index in [0.29, 0.717) is 9.23 Å². The average Bonchev–Trinajstić information content (AvgIpc) is 2.96. The summed E-state index contributed by atoms with van der Waals surface area (Å²) < 4.78 is 6.24. The second-order valence-electron chi connectivity index (χ2n) is 4.31. The van der Waals surface area contributed by atoms with Crippen molar-refractivity contribution in [3.8, 4) is 0 Å². The molecule has 1 aromatic heterocycles. The van der Waals surface area contributed by atoms with Crippen LogP contribution in [0.1, 0.15) is 5.76 Å². The zero-order valence-corrected chi connectivity index (χ0v) is 12.3. The van der Waals surface area contributed by atoms with Crippen LogP contribution in [0.25, 0.3) is 17.0 Å². The molecule has 0 saturated carbocycles. The van der Waals surface area contributed by atoms with Crippen LogP contribution in [0.2, 0.25) is 0 Å². The number of allylic oxidation sites excluding steroid dienone is 2. The summed E-state index contributed by atoms with van der Waals surface area (Å²) in [4.78, 5) is 13.9. The second-order valence-corrected chi connectivity index (χ2v) is 5.98. The van der Waals surface area contributed by atoms with E-state index < -0.39 is 0 Å². The number of nitrogens with zero attached hydrogens (tertiary/aromatic N) is 1. The van der Waals surface area contributed by atoms with Crippen LogP contribution >= 0.6 is 24.0 Å². The van der Waals surface area contributed by atoms with Crippen molar-refractivity contribution >= 4 is 51.3 Å². The fourth-order valence-corrected chi connectivity index (χ4v) is 3.01. The highest BCUT2D eigenvalue weighted by Gasteiger charge is 2.27. The number of hydrogen-bond acceptors (Lipinski definition) is 4. The molecule has 1 aliphatic rings. The first-order valence-corrected chi connectivity index (χ1v) is 7.24. The van der Waals surface area contributed by atoms with E-state index in [-0.39, 0.29) is 5.91 Å². The van der Waals surface area contributed by atoms with Crippen molar-refractivity contribution in [3.63, 3.8) is 0 Å². The predicted octanol–water partition coefficient (Wildman–Crippen LogP) is 3.82. The number of para-hydroxylation sites is 1. The molecule has 0 spiro atoms. The molecule has 3 rings (SSSR count). The Balaban J connectivity index is 1.81. The molecule has 1 aromatic carbocycles. The smallest absolute Gasteiger partial charge is 0.265 e. The fraction of sp³-hybridized carbons (Fsp3) is 0.0667. The summed E-state index contributed by atoms with van der Waals surface area (Å²) in [5.41, 5.74) is 0.854. The topological polar surface area (TPSA) is 33.5 Å². The van der Waals surface area contributed by atoms with Crippen LogP contribution in [-0.2, 0) is 4.79 Å². The van der Waals surface area contributed by atoms with Gasteiger partial charge >= 0.3 is 0 Å². The Morgan fingerprint density at radius 3 is 2.85 bits per heavy atom. The van der Waals surface area contributed by atoms with Crippen molar-refractivity contribution < 1.29 is 9.21 Å². The number of amides is 1. The van der Waals surface area contributed by atoms with Crippen LogP contribution < -0.4 is 0 Å². The number of hydrogen-bond donors (Lipinski definition) is 0. The van der Waals surface area contributed by atoms with Gasteiger partial charge < -0.3 is 4.42 Å². The van der Waals surface area contributed by atoms with Gasteiger partial charge in [0.25, 0.3) is 5.91 Å². The van der Waals surface area contributed by atoms with Gasteiger partial charge in [0.15, 0.2) is 0 Å². The Kier molecular flexibility index (Phi) is 3.46. The Hall–Kier alpha value is -1.85. The second kappa shape index (κ2) is 5.26. The fourth-order valence-electron chi connectivity index (χ4n) is 1.87. The highest BCUT2D eigenvalue weighted by Crippen LogP contribution is 2.29. The van der Waals surface area contributed by atoms with E-state index in [1.807, 2.05) is 36.4 Å². The van der Waals surface area contributed by atoms with Crippen molar-refractivity contribution in [2.75, 3.05) is 7.05 Å². The van der Waals surface area contributed by atoms with E-state index >= 15 is 0 Å². The maximum atomic E-state index is 11.8. The molecule has 5 heteroatoms. The van der Waals surface area contributed by atoms with Crippen LogP contribution in [0.4, 0.5) is 0 Å². The lowest BCUT2D eigenvalue weighted by Gasteiger charge is -2.03. The number of furan rings is 1. The van der Waals surface area contributed by atoms with Crippen LogP contribution in [0.3, 0.4) is 0 Å². The number of benzene rings is 1. The van der Waals surface area contributed by atoms with Crippen molar-refractivity contribution in [3.05, 3.63) is 53.1 Å². The number of likely N-dealkylation sites (N-methyl/N-ethyl adjacent to an activating group) is 1. The maximum absolute atomic E-state index is 11.8. The van der Waals surface area contributed by atoms with E-state index in [2.05, 4.69) is 0 Å². The summed E-state index contributed by atoms with van der Waals surface area (Å²) in [6.45, 7) is 0. The van der Waals surface area contributed by atoms with E-state index in [4.69, 9.17) is 16.6 Å². The molecule has 0 N–H and O–H groups in total. The third-order valence-corrected chi connectivity index (χ3v) is 4.44. The quantitative estimate of drug-likeness (QED) is 0.624. The zero-order chi connectivity index (χ0) is 14.1. The summed E-state index contributed by atoms with van der Waals surface area (Å²) in [7, 11) is 1.68. The van der Waals surface area contributed by atoms with E-state index in [1.54, 1.807) is 19.2 Å². The highest BCUT2D eigenvalue weighted by atomic mass is 32.2. The normalized spacial score (nSPS) is 18.1. The first-order valence-electron chi connectivity index (χ1n) is 6.02. The predicted molar refractivity (Wildman–Crippen MR) is 86.3 cm³/mol. The molecule has 0 unspecified atom stereocenters. The van der Waals surface area contributed by atoms with Gasteiger partial charge in [0.1, 0.15) is 15.7 Å². The molecule has 1 aliphatic heterocycles. The summed E-state index contributed by atoms with van der Waals surface area (Å²) in [6, 6.07) is 9.79. The molecule has 0 radical (unpaired) electrons. The lowest BCUT2D eigenvalue weighted by molar-refractivity contribution is -0.121. The van der Waals surface area contributed by atoms with Gasteiger partial charge in [-0.1, -0.05) is 48.3 Å². The molecule has 0 aliphatic carbocycles. The minimum absolute atomic E-state index is 0.0609. The summed E-state index contributed by atoms with van der Waals surface area (Å²) >= 11 is 6.38. The summed E-state index contributed by atoms with van der Waals surface area (Å²) in [5, 5.41) is 1.06. The number of rotatable bonds is 2. The van der Waals surface area contributed by atoms with Gasteiger partial charge in [0, 0.05) is 12.4 Å². The third-order valence-electron chi connectivity index (χ3n) is 2.94. The van der Waals surface area contributed by atoms with Crippen molar-refractivity contribution in [2.45, 2.75) is 0 Å². The molecular weight excluding hydrogens is 290 g/mol. The average molecular weight is 301 g/mol. The minimum atomic E-state index is -0.0609. The number of thioether (sulfide) groups is 1. The third kappa shape index (κ3) is 2.42. The Bertz CT molecular complexity index is 725. The maximum Gasteiger partial charge on any atom is 0.265 e. The standard InChI is InChI=1S/C15H11NO2S2/c1-16-14(17)13(20-15(16)19)8-4-6-11-9-10-5-2-3-7-12(10)18-11/h2-9H,1H3/b6-4+,13-8-. The van der Waals surface area contributed by atoms with E-state index in [9.17, 15) is 4.79 Å². The minimum Gasteiger partial charge on any atom is -0.457 e. The molecule has 2 aromatic rings. The first-order chi connectivity index (χ1) is 9.65. The Morgan fingerprint density at radius 2 is 2.15 bits per heavy atom. The molecule has 20 heavy (non-hydrogen) atoms. The lowest BCUT2D eigenvalue weighted by atomic mass is 10.2. The van der Waals surface area contributed by atoms with Crippen LogP contribution in [0.5, 0.6) is 0 Å². The SMILES string of the molecule is CN1C(=O)/C(=C/C=C/c2cc3ccccc3o2)SC1=S. The number of thiocarbonyl (C=S) groups is 1. The van der Waals surface area contributed by atoms with Gasteiger partial charge in [-0.25, -0.2) is 0 Å². The van der Waals surface area contributed by atoms with Crippen LogP contribution in [0, 0.1) is 0 Å². The molecule has 1 fully saturated rings. The van der Waals surface area contributed by atoms with Crippen molar-refractivity contribution in [2.24, 2.45) is 0 Å². The molecule has 100 valence electrons. The zero-order valence-electron chi connectivity index (χ0n) is 10.7. The highest BCUT2D eigenvalue weighted by molar-refractivity contribution is 8.26. The van der Waals surface area contributed by atoms with E-state index in [0.717, 1.165) is 16.7 Å². The molecule has 1 saturated heterocycles. The van der Waals surface area contributed by atoms with Gasteiger partial charge in [-0.15, -0.1) is 0 Å². The molecule has 3 nitrogen and oxygen atoms in total. The summed E-state index contributed by atoms with van der Waals surface area (Å²) in [5.74, 6) is 0.698. The summed E-state index contributed by atoms with van der Waals surface area (Å²) in [6.07, 6.45) is 5.40. The monoisotopic (exact) mass is 301 g/mol. The first kappa shape index (κ1) is 13.1. The van der Waals surface area contributed by atoms with Gasteiger partial charge in [-0.3, -0.25) is 9.69 Å². The molecule has 1 amide bonds. The number of fused-ring (bicyclic) bond motifs is 1. The van der Waals surface area contributed by atoms with Crippen molar-refractivity contribution in [1.82, 2.24) is 4.90 Å². The van der Waals surface area contributed by atoms with Gasteiger partial charge in [-0.05, 0) is 24.3 Å². The largest absolute Gasteiger partial charge is 0.457 e. The Morgan fingerprint density at radius 1 is 1.35 bits per heavy atom. The van der Waals surface area contributed by atoms with E-state index in [1.165, 1.54) is 16.7 Å². The van der Waals surface area contributed by atoms with Gasteiger partial charge in [0.05, 0.1) is 4.91 Å². The van der Waals surface area contributed by atoms with Gasteiger partial charge in [0.2, 0.25) is 0 Å². The molecule has 0 atom stereocenters. The van der Waals surface area contributed by atoms with Crippen LogP contribution in [0.15, 0.2) is 51.8 Å². The molecule has 2 heterocycles.